The van der Waals surface area contributed by atoms with Crippen LogP contribution < -0.4 is 10.1 Å². The van der Waals surface area contributed by atoms with Crippen LogP contribution in [0.2, 0.25) is 0 Å². The molecular formula is C22H20N2O4. The monoisotopic (exact) mass is 376 g/mol. The van der Waals surface area contributed by atoms with E-state index in [1.807, 2.05) is 31.2 Å². The van der Waals surface area contributed by atoms with Crippen molar-refractivity contribution in [1.29, 1.82) is 0 Å². The Balaban J connectivity index is 1.83. The van der Waals surface area contributed by atoms with Crippen molar-refractivity contribution in [2.45, 2.75) is 25.3 Å². The largest absolute Gasteiger partial charge is 0.496 e. The van der Waals surface area contributed by atoms with Gasteiger partial charge >= 0.3 is 6.09 Å². The zero-order chi connectivity index (χ0) is 19.9. The average Bonchev–Trinajstić information content (AvgIpc) is 3.00. The number of carbonyl (C=O) groups excluding carboxylic acids is 1. The molecule has 1 aliphatic carbocycles. The van der Waals surface area contributed by atoms with Crippen molar-refractivity contribution in [3.05, 3.63) is 71.0 Å². The molecule has 0 aliphatic heterocycles. The molecule has 0 saturated heterocycles. The number of carboxylic acid groups (broad SMARTS) is 1. The summed E-state index contributed by atoms with van der Waals surface area (Å²) in [6, 6.07) is 11.0. The highest BCUT2D eigenvalue weighted by molar-refractivity contribution is 6.17. The summed E-state index contributed by atoms with van der Waals surface area (Å²) in [5.74, 6) is 0.311. The van der Waals surface area contributed by atoms with E-state index in [-0.39, 0.29) is 5.78 Å². The number of ether oxygens (including phenoxy) is 1. The summed E-state index contributed by atoms with van der Waals surface area (Å²) < 4.78 is 5.52. The minimum atomic E-state index is -1.07. The minimum Gasteiger partial charge on any atom is -0.496 e. The van der Waals surface area contributed by atoms with E-state index < -0.39 is 11.6 Å². The first kappa shape index (κ1) is 18.0. The van der Waals surface area contributed by atoms with Crippen LogP contribution in [0.3, 0.4) is 0 Å². The maximum absolute atomic E-state index is 13.4. The molecule has 0 radical (unpaired) electrons. The van der Waals surface area contributed by atoms with Gasteiger partial charge in [-0.05, 0) is 54.5 Å². The Labute approximate surface area is 162 Å². The number of amides is 1. The number of nitrogens with zero attached hydrogens (tertiary/aromatic N) is 1. The van der Waals surface area contributed by atoms with Gasteiger partial charge in [-0.1, -0.05) is 18.2 Å². The Hall–Kier alpha value is -3.41. The van der Waals surface area contributed by atoms with E-state index in [0.717, 1.165) is 21.9 Å². The van der Waals surface area contributed by atoms with Crippen LogP contribution in [0.25, 0.3) is 10.8 Å². The number of pyridine rings is 1. The first-order valence-electron chi connectivity index (χ1n) is 9.03. The topological polar surface area (TPSA) is 88.5 Å². The number of rotatable bonds is 4. The molecule has 1 aromatic heterocycles. The maximum Gasteiger partial charge on any atom is 0.405 e. The van der Waals surface area contributed by atoms with Gasteiger partial charge in [0.15, 0.2) is 5.78 Å². The maximum atomic E-state index is 13.4. The summed E-state index contributed by atoms with van der Waals surface area (Å²) in [6.45, 7) is 1.85. The van der Waals surface area contributed by atoms with Crippen molar-refractivity contribution in [3.8, 4) is 5.75 Å². The average molecular weight is 376 g/mol. The highest BCUT2D eigenvalue weighted by atomic mass is 16.5. The molecule has 28 heavy (non-hydrogen) atoms. The summed E-state index contributed by atoms with van der Waals surface area (Å²) >= 11 is 0. The third kappa shape index (κ3) is 2.87. The molecule has 1 unspecified atom stereocenters. The fourth-order valence-electron chi connectivity index (χ4n) is 4.04. The highest BCUT2D eigenvalue weighted by Crippen LogP contribution is 2.41. The Morgan fingerprint density at radius 2 is 2.04 bits per heavy atom. The molecule has 1 heterocycles. The summed E-state index contributed by atoms with van der Waals surface area (Å²) in [5.41, 5.74) is 2.18. The molecule has 1 aliphatic rings. The van der Waals surface area contributed by atoms with E-state index in [1.54, 1.807) is 24.5 Å². The third-order valence-corrected chi connectivity index (χ3v) is 5.47. The van der Waals surface area contributed by atoms with Gasteiger partial charge in [0, 0.05) is 23.3 Å². The van der Waals surface area contributed by atoms with Crippen LogP contribution in [-0.4, -0.2) is 29.1 Å². The van der Waals surface area contributed by atoms with Crippen LogP contribution in [0, 0.1) is 0 Å². The number of benzene rings is 2. The van der Waals surface area contributed by atoms with Crippen molar-refractivity contribution >= 4 is 22.6 Å². The molecule has 2 N–H and O–H groups in total. The summed E-state index contributed by atoms with van der Waals surface area (Å²) in [7, 11) is 1.52. The van der Waals surface area contributed by atoms with Gasteiger partial charge in [0.05, 0.1) is 18.2 Å². The summed E-state index contributed by atoms with van der Waals surface area (Å²) in [4.78, 5) is 28.7. The van der Waals surface area contributed by atoms with Crippen LogP contribution in [-0.2, 0) is 12.0 Å². The highest BCUT2D eigenvalue weighted by Gasteiger charge is 2.37. The van der Waals surface area contributed by atoms with E-state index in [0.29, 0.717) is 29.7 Å². The van der Waals surface area contributed by atoms with Gasteiger partial charge in [-0.3, -0.25) is 9.78 Å². The number of fused-ring (bicyclic) bond motifs is 2. The fraction of sp³-hybridized carbons (Fsp3) is 0.227. The molecule has 6 nitrogen and oxygen atoms in total. The molecule has 6 heteroatoms. The summed E-state index contributed by atoms with van der Waals surface area (Å²) in [5, 5.41) is 13.5. The number of hydrogen-bond acceptors (Lipinski definition) is 4. The van der Waals surface area contributed by atoms with Crippen LogP contribution in [0.15, 0.2) is 48.8 Å². The molecule has 1 atom stereocenters. The fourth-order valence-corrected chi connectivity index (χ4v) is 4.04. The second-order valence-electron chi connectivity index (χ2n) is 7.20. The lowest BCUT2D eigenvalue weighted by atomic mass is 9.91. The molecule has 0 fully saturated rings. The predicted octanol–water partition coefficient (Wildman–Crippen LogP) is 3.90. The summed E-state index contributed by atoms with van der Waals surface area (Å²) in [6.07, 6.45) is 3.65. The zero-order valence-electron chi connectivity index (χ0n) is 15.7. The van der Waals surface area contributed by atoms with E-state index in [1.165, 1.54) is 7.11 Å². The van der Waals surface area contributed by atoms with Crippen molar-refractivity contribution in [2.75, 3.05) is 7.11 Å². The molecule has 0 saturated carbocycles. The Morgan fingerprint density at radius 1 is 1.21 bits per heavy atom. The van der Waals surface area contributed by atoms with Crippen LogP contribution in [0.1, 0.15) is 40.4 Å². The van der Waals surface area contributed by atoms with Crippen molar-refractivity contribution in [1.82, 2.24) is 10.3 Å². The number of methoxy groups -OCH3 is 1. The number of aryl methyl sites for hydroxylation is 1. The van der Waals surface area contributed by atoms with Gasteiger partial charge in [0.1, 0.15) is 5.75 Å². The van der Waals surface area contributed by atoms with Crippen molar-refractivity contribution < 1.29 is 19.4 Å². The Kier molecular flexibility index (Phi) is 4.26. The molecule has 3 aromatic rings. The van der Waals surface area contributed by atoms with E-state index >= 15 is 0 Å². The molecule has 1 amide bonds. The number of ketones is 1. The van der Waals surface area contributed by atoms with Gasteiger partial charge in [0.2, 0.25) is 0 Å². The van der Waals surface area contributed by atoms with E-state index in [9.17, 15) is 14.7 Å². The smallest absolute Gasteiger partial charge is 0.405 e. The minimum absolute atomic E-state index is 0.128. The van der Waals surface area contributed by atoms with Crippen molar-refractivity contribution in [3.63, 3.8) is 0 Å². The lowest BCUT2D eigenvalue weighted by Gasteiger charge is -2.26. The van der Waals surface area contributed by atoms with Crippen molar-refractivity contribution in [2.24, 2.45) is 0 Å². The lowest BCUT2D eigenvalue weighted by Crippen LogP contribution is -2.40. The predicted molar refractivity (Wildman–Crippen MR) is 105 cm³/mol. The molecule has 0 spiro atoms. The van der Waals surface area contributed by atoms with Crippen LogP contribution >= 0.6 is 0 Å². The third-order valence-electron chi connectivity index (χ3n) is 5.47. The number of carbonyl (C=O) groups is 2. The molecule has 2 aromatic carbocycles. The zero-order valence-corrected chi connectivity index (χ0v) is 15.7. The van der Waals surface area contributed by atoms with Crippen LogP contribution in [0.4, 0.5) is 4.79 Å². The van der Waals surface area contributed by atoms with E-state index in [2.05, 4.69) is 10.3 Å². The van der Waals surface area contributed by atoms with Gasteiger partial charge in [-0.25, -0.2) is 4.79 Å². The number of aromatic nitrogens is 1. The normalized spacial score (nSPS) is 17.9. The van der Waals surface area contributed by atoms with Crippen LogP contribution in [0.5, 0.6) is 5.75 Å². The first-order valence-corrected chi connectivity index (χ1v) is 9.03. The molecular weight excluding hydrogens is 356 g/mol. The Morgan fingerprint density at radius 3 is 2.79 bits per heavy atom. The van der Waals surface area contributed by atoms with Gasteiger partial charge in [0.25, 0.3) is 0 Å². The van der Waals surface area contributed by atoms with Gasteiger partial charge in [-0.15, -0.1) is 0 Å². The van der Waals surface area contributed by atoms with Gasteiger partial charge < -0.3 is 15.2 Å². The quantitative estimate of drug-likeness (QED) is 0.674. The first-order chi connectivity index (χ1) is 13.4. The SMILES string of the molecule is COc1cc2c(cc1C(=O)c1cccc3cnccc13)CCC2(C)NC(=O)O. The molecule has 142 valence electrons. The molecule has 0 bridgehead atoms. The standard InChI is InChI=1S/C22H20N2O4/c1-22(24-21(26)27)8-6-13-10-17(19(28-2)11-18(13)22)20(25)16-5-3-4-14-12-23-9-7-15(14)16/h3-5,7,9-12,24H,6,8H2,1-2H3,(H,26,27). The van der Waals surface area contributed by atoms with E-state index in [4.69, 9.17) is 4.74 Å². The lowest BCUT2D eigenvalue weighted by molar-refractivity contribution is 0.103. The Bertz CT molecular complexity index is 1100. The number of hydrogen-bond donors (Lipinski definition) is 2. The number of nitrogens with one attached hydrogen (secondary N) is 1. The second-order valence-corrected chi connectivity index (χ2v) is 7.20. The van der Waals surface area contributed by atoms with Gasteiger partial charge in [-0.2, -0.15) is 0 Å². The molecule has 4 rings (SSSR count). The second kappa shape index (κ2) is 6.64.